The van der Waals surface area contributed by atoms with Crippen molar-refractivity contribution >= 4 is 35.2 Å². The second-order valence-electron chi connectivity index (χ2n) is 7.78. The van der Waals surface area contributed by atoms with Crippen LogP contribution in [0.2, 0.25) is 5.02 Å². The number of hydrogen-bond acceptors (Lipinski definition) is 6. The number of nitrogens with zero attached hydrogens (tertiary/aromatic N) is 5. The Morgan fingerprint density at radius 3 is 2.47 bits per heavy atom. The van der Waals surface area contributed by atoms with E-state index in [2.05, 4.69) is 25.9 Å². The number of carboxylic acids is 1. The van der Waals surface area contributed by atoms with Gasteiger partial charge in [0, 0.05) is 23.8 Å². The fourth-order valence-electron chi connectivity index (χ4n) is 3.52. The van der Waals surface area contributed by atoms with Crippen LogP contribution in [0.1, 0.15) is 29.0 Å². The van der Waals surface area contributed by atoms with Crippen LogP contribution in [-0.2, 0) is 11.3 Å². The van der Waals surface area contributed by atoms with Crippen molar-refractivity contribution in [2.45, 2.75) is 19.4 Å². The highest BCUT2D eigenvalue weighted by Crippen LogP contribution is 2.19. The molecular weight excluding hydrogens is 462 g/mol. The summed E-state index contributed by atoms with van der Waals surface area (Å²) in [6, 6.07) is 9.64. The molecule has 0 bridgehead atoms. The Balaban J connectivity index is 1.30. The number of piperidine rings is 1. The first-order valence-electron chi connectivity index (χ1n) is 10.6. The molecule has 3 aromatic rings. The molecule has 12 heteroatoms. The first-order valence-corrected chi connectivity index (χ1v) is 11.0. The molecule has 4 rings (SSSR count). The summed E-state index contributed by atoms with van der Waals surface area (Å²) < 4.78 is 1.49. The van der Waals surface area contributed by atoms with Gasteiger partial charge in [-0.2, -0.15) is 0 Å². The molecule has 0 saturated carbocycles. The van der Waals surface area contributed by atoms with Gasteiger partial charge in [-0.25, -0.2) is 14.5 Å². The van der Waals surface area contributed by atoms with Gasteiger partial charge in [-0.3, -0.25) is 9.59 Å². The third-order valence-electron chi connectivity index (χ3n) is 5.44. The van der Waals surface area contributed by atoms with Crippen molar-refractivity contribution in [2.75, 3.05) is 18.4 Å². The van der Waals surface area contributed by atoms with E-state index in [1.807, 2.05) is 0 Å². The lowest BCUT2D eigenvalue weighted by molar-refractivity contribution is -0.143. The van der Waals surface area contributed by atoms with Crippen LogP contribution in [0.3, 0.4) is 0 Å². The van der Waals surface area contributed by atoms with Crippen molar-refractivity contribution in [3.8, 4) is 5.69 Å². The van der Waals surface area contributed by atoms with E-state index in [0.717, 1.165) is 0 Å². The van der Waals surface area contributed by atoms with Gasteiger partial charge in [0.1, 0.15) is 11.4 Å². The molecule has 3 amide bonds. The van der Waals surface area contributed by atoms with Crippen molar-refractivity contribution in [1.29, 1.82) is 0 Å². The minimum atomic E-state index is -0.820. The van der Waals surface area contributed by atoms with E-state index in [1.54, 1.807) is 47.5 Å². The van der Waals surface area contributed by atoms with Gasteiger partial charge in [0.15, 0.2) is 0 Å². The third-order valence-corrected chi connectivity index (χ3v) is 5.69. The van der Waals surface area contributed by atoms with Gasteiger partial charge in [-0.05, 0) is 49.2 Å². The molecule has 1 aliphatic rings. The number of anilines is 1. The molecule has 1 fully saturated rings. The lowest BCUT2D eigenvalue weighted by Crippen LogP contribution is -2.40. The van der Waals surface area contributed by atoms with E-state index in [1.165, 1.54) is 10.9 Å². The highest BCUT2D eigenvalue weighted by molar-refractivity contribution is 6.30. The first-order chi connectivity index (χ1) is 16.4. The van der Waals surface area contributed by atoms with Gasteiger partial charge in [-0.15, -0.1) is 5.10 Å². The second kappa shape index (κ2) is 10.3. The number of halogens is 1. The van der Waals surface area contributed by atoms with Crippen molar-refractivity contribution in [3.63, 3.8) is 0 Å². The van der Waals surface area contributed by atoms with E-state index in [-0.39, 0.29) is 18.1 Å². The van der Waals surface area contributed by atoms with Gasteiger partial charge >= 0.3 is 12.0 Å². The summed E-state index contributed by atoms with van der Waals surface area (Å²) in [6.07, 6.45) is 4.04. The molecule has 0 radical (unpaired) electrons. The minimum Gasteiger partial charge on any atom is -0.481 e. The molecule has 0 unspecified atom stereocenters. The van der Waals surface area contributed by atoms with Crippen LogP contribution in [0.15, 0.2) is 48.8 Å². The zero-order valence-electron chi connectivity index (χ0n) is 18.0. The maximum absolute atomic E-state index is 12.7. The summed E-state index contributed by atoms with van der Waals surface area (Å²) in [5.74, 6) is -1.45. The Morgan fingerprint density at radius 1 is 1.09 bits per heavy atom. The molecule has 0 atom stereocenters. The number of carboxylic acid groups (broad SMARTS) is 1. The summed E-state index contributed by atoms with van der Waals surface area (Å²) >= 11 is 5.83. The molecule has 1 aliphatic heterocycles. The molecular formula is C22H22ClN7O4. The van der Waals surface area contributed by atoms with Crippen LogP contribution < -0.4 is 10.6 Å². The Hall–Kier alpha value is -3.99. The van der Waals surface area contributed by atoms with Gasteiger partial charge in [0.25, 0.3) is 5.91 Å². The SMILES string of the molecule is O=C(NCc1cn(-c2ccc(C(=O)N3CCC(C(=O)O)CC3)nc2)nn1)Nc1ccc(Cl)cc1. The molecule has 34 heavy (non-hydrogen) atoms. The number of rotatable bonds is 6. The number of carbonyl (C=O) groups excluding carboxylic acids is 2. The smallest absolute Gasteiger partial charge is 0.319 e. The van der Waals surface area contributed by atoms with Crippen molar-refractivity contribution in [1.82, 2.24) is 30.2 Å². The Morgan fingerprint density at radius 2 is 1.82 bits per heavy atom. The van der Waals surface area contributed by atoms with E-state index in [4.69, 9.17) is 16.7 Å². The summed E-state index contributed by atoms with van der Waals surface area (Å²) in [6.45, 7) is 0.949. The van der Waals surface area contributed by atoms with E-state index in [9.17, 15) is 14.4 Å². The van der Waals surface area contributed by atoms with Crippen molar-refractivity contribution < 1.29 is 19.5 Å². The molecule has 3 heterocycles. The summed E-state index contributed by atoms with van der Waals surface area (Å²) in [5.41, 5.74) is 2.02. The predicted molar refractivity (Wildman–Crippen MR) is 123 cm³/mol. The van der Waals surface area contributed by atoms with Crippen LogP contribution in [0.25, 0.3) is 5.69 Å². The first kappa shape index (κ1) is 23.2. The molecule has 3 N–H and O–H groups in total. The van der Waals surface area contributed by atoms with Gasteiger partial charge in [-0.1, -0.05) is 16.8 Å². The second-order valence-corrected chi connectivity index (χ2v) is 8.21. The number of aliphatic carboxylic acids is 1. The summed E-state index contributed by atoms with van der Waals surface area (Å²) in [7, 11) is 0. The van der Waals surface area contributed by atoms with E-state index in [0.29, 0.717) is 48.0 Å². The third kappa shape index (κ3) is 5.67. The monoisotopic (exact) mass is 483 g/mol. The lowest BCUT2D eigenvalue weighted by atomic mass is 9.97. The maximum Gasteiger partial charge on any atom is 0.319 e. The number of hydrogen-bond donors (Lipinski definition) is 3. The van der Waals surface area contributed by atoms with Gasteiger partial charge in [0.2, 0.25) is 0 Å². The minimum absolute atomic E-state index is 0.162. The average molecular weight is 484 g/mol. The molecule has 2 aromatic heterocycles. The number of pyridine rings is 1. The molecule has 0 spiro atoms. The fraction of sp³-hybridized carbons (Fsp3) is 0.273. The number of amides is 3. The topological polar surface area (TPSA) is 142 Å². The number of urea groups is 1. The van der Waals surface area contributed by atoms with Crippen LogP contribution >= 0.6 is 11.6 Å². The highest BCUT2D eigenvalue weighted by Gasteiger charge is 2.28. The Bertz CT molecular complexity index is 1170. The maximum atomic E-state index is 12.7. The number of carbonyl (C=O) groups is 3. The number of likely N-dealkylation sites (tertiary alicyclic amines) is 1. The van der Waals surface area contributed by atoms with E-state index >= 15 is 0 Å². The lowest BCUT2D eigenvalue weighted by Gasteiger charge is -2.29. The molecule has 1 aromatic carbocycles. The Kier molecular flexibility index (Phi) is 7.02. The summed E-state index contributed by atoms with van der Waals surface area (Å²) in [5, 5.41) is 23.1. The van der Waals surface area contributed by atoms with E-state index < -0.39 is 17.9 Å². The van der Waals surface area contributed by atoms with Crippen LogP contribution in [0, 0.1) is 5.92 Å². The molecule has 0 aliphatic carbocycles. The van der Waals surface area contributed by atoms with Gasteiger partial charge < -0.3 is 20.6 Å². The van der Waals surface area contributed by atoms with Crippen molar-refractivity contribution in [3.05, 3.63) is 65.2 Å². The zero-order chi connectivity index (χ0) is 24.1. The highest BCUT2D eigenvalue weighted by atomic mass is 35.5. The summed E-state index contributed by atoms with van der Waals surface area (Å²) in [4.78, 5) is 41.6. The average Bonchev–Trinajstić information content (AvgIpc) is 3.33. The van der Waals surface area contributed by atoms with Gasteiger partial charge in [0.05, 0.1) is 30.5 Å². The van der Waals surface area contributed by atoms with Crippen LogP contribution in [0.5, 0.6) is 0 Å². The van der Waals surface area contributed by atoms with Crippen molar-refractivity contribution in [2.24, 2.45) is 5.92 Å². The standard InChI is InChI=1S/C22H22ClN7O4/c23-15-1-3-16(4-2-15)26-22(34)25-11-17-13-30(28-27-17)18-5-6-19(24-12-18)20(31)29-9-7-14(8-10-29)21(32)33/h1-6,12-14H,7-11H2,(H,32,33)(H2,25,26,34). The molecule has 11 nitrogen and oxygen atoms in total. The fourth-order valence-corrected chi connectivity index (χ4v) is 3.65. The number of benzene rings is 1. The largest absolute Gasteiger partial charge is 0.481 e. The zero-order valence-corrected chi connectivity index (χ0v) is 18.8. The molecule has 176 valence electrons. The predicted octanol–water partition coefficient (Wildman–Crippen LogP) is 2.57. The normalized spacial score (nSPS) is 14.0. The number of nitrogens with one attached hydrogen (secondary N) is 2. The van der Waals surface area contributed by atoms with Crippen LogP contribution in [0.4, 0.5) is 10.5 Å². The van der Waals surface area contributed by atoms with Crippen LogP contribution in [-0.4, -0.2) is 61.0 Å². The molecule has 1 saturated heterocycles. The quantitative estimate of drug-likeness (QED) is 0.489. The number of aromatic nitrogens is 4. The Labute approximate surface area is 199 Å².